The van der Waals surface area contributed by atoms with Gasteiger partial charge >= 0.3 is 5.69 Å². The van der Waals surface area contributed by atoms with E-state index in [2.05, 4.69) is 10.4 Å². The predicted molar refractivity (Wildman–Crippen MR) is 66.4 cm³/mol. The Morgan fingerprint density at radius 2 is 2.21 bits per heavy atom. The summed E-state index contributed by atoms with van der Waals surface area (Å²) in [5, 5.41) is 17.3. The summed E-state index contributed by atoms with van der Waals surface area (Å²) in [4.78, 5) is 10.3. The Labute approximate surface area is 108 Å². The first-order valence-electron chi connectivity index (χ1n) is 5.86. The van der Waals surface area contributed by atoms with Crippen LogP contribution in [-0.4, -0.2) is 33.7 Å². The third kappa shape index (κ3) is 3.60. The molecule has 19 heavy (non-hydrogen) atoms. The number of nitrogens with zero attached hydrogens (tertiary/aromatic N) is 3. The van der Waals surface area contributed by atoms with Crippen molar-refractivity contribution in [3.63, 3.8) is 0 Å². The lowest BCUT2D eigenvalue weighted by atomic mass is 10.3. The molecule has 0 aromatic carbocycles. The van der Waals surface area contributed by atoms with Crippen molar-refractivity contribution < 1.29 is 13.7 Å². The summed E-state index contributed by atoms with van der Waals surface area (Å²) in [5.74, 6) is -3.12. The number of hydrogen-bond donors (Lipinski definition) is 2. The predicted octanol–water partition coefficient (Wildman–Crippen LogP) is 1.52. The number of nitro groups is 1. The van der Waals surface area contributed by atoms with Crippen molar-refractivity contribution in [3.8, 4) is 0 Å². The Kier molecular flexibility index (Phi) is 4.76. The van der Waals surface area contributed by atoms with Crippen molar-refractivity contribution in [1.29, 1.82) is 0 Å². The standard InChI is InChI=1S/C10H17F2N5O2/c1-3-4-16-9(14-6-10(11,12)5-13)8(17(18)19)7(2)15-16/h14H,3-6,13H2,1-2H3. The average molecular weight is 277 g/mol. The van der Waals surface area contributed by atoms with E-state index in [0.717, 1.165) is 0 Å². The SMILES string of the molecule is CCCn1nc(C)c([N+](=O)[O-])c1NCC(F)(F)CN. The highest BCUT2D eigenvalue weighted by Gasteiger charge is 2.30. The summed E-state index contributed by atoms with van der Waals surface area (Å²) in [6, 6.07) is 0. The number of nitrogens with two attached hydrogens (primary N) is 1. The highest BCUT2D eigenvalue weighted by molar-refractivity contribution is 5.59. The molecule has 0 aliphatic heterocycles. The molecule has 0 unspecified atom stereocenters. The number of aromatic nitrogens is 2. The number of alkyl halides is 2. The van der Waals surface area contributed by atoms with Crippen LogP contribution in [0.15, 0.2) is 0 Å². The molecular formula is C10H17F2N5O2. The lowest BCUT2D eigenvalue weighted by Crippen LogP contribution is -2.35. The number of halogens is 2. The van der Waals surface area contributed by atoms with E-state index in [4.69, 9.17) is 5.73 Å². The van der Waals surface area contributed by atoms with Crippen molar-refractivity contribution in [3.05, 3.63) is 15.8 Å². The number of rotatable bonds is 7. The van der Waals surface area contributed by atoms with Gasteiger partial charge in [0.25, 0.3) is 5.92 Å². The zero-order valence-electron chi connectivity index (χ0n) is 10.8. The van der Waals surface area contributed by atoms with E-state index in [9.17, 15) is 18.9 Å². The number of nitrogens with one attached hydrogen (secondary N) is 1. The van der Waals surface area contributed by atoms with E-state index < -0.39 is 23.9 Å². The molecule has 0 atom stereocenters. The zero-order valence-corrected chi connectivity index (χ0v) is 10.8. The number of aryl methyl sites for hydroxylation is 2. The Morgan fingerprint density at radius 1 is 1.58 bits per heavy atom. The number of hydrogen-bond acceptors (Lipinski definition) is 5. The van der Waals surface area contributed by atoms with Gasteiger partial charge in [0, 0.05) is 6.54 Å². The van der Waals surface area contributed by atoms with E-state index in [0.29, 0.717) is 13.0 Å². The Hall–Kier alpha value is -1.77. The van der Waals surface area contributed by atoms with Crippen LogP contribution in [0.5, 0.6) is 0 Å². The zero-order chi connectivity index (χ0) is 14.6. The van der Waals surface area contributed by atoms with Gasteiger partial charge in [-0.2, -0.15) is 5.10 Å². The van der Waals surface area contributed by atoms with Gasteiger partial charge < -0.3 is 11.1 Å². The molecule has 3 N–H and O–H groups in total. The molecule has 0 fully saturated rings. The van der Waals surface area contributed by atoms with Crippen LogP contribution >= 0.6 is 0 Å². The first-order valence-corrected chi connectivity index (χ1v) is 5.86. The fourth-order valence-electron chi connectivity index (χ4n) is 1.62. The fraction of sp³-hybridized carbons (Fsp3) is 0.700. The maximum absolute atomic E-state index is 13.1. The van der Waals surface area contributed by atoms with Crippen LogP contribution in [0.2, 0.25) is 0 Å². The van der Waals surface area contributed by atoms with Gasteiger partial charge in [-0.1, -0.05) is 6.92 Å². The molecule has 0 aliphatic rings. The third-order valence-electron chi connectivity index (χ3n) is 2.53. The van der Waals surface area contributed by atoms with Gasteiger partial charge in [-0.25, -0.2) is 13.5 Å². The van der Waals surface area contributed by atoms with Crippen molar-refractivity contribution in [2.45, 2.75) is 32.7 Å². The molecular weight excluding hydrogens is 260 g/mol. The minimum Gasteiger partial charge on any atom is -0.358 e. The summed E-state index contributed by atoms with van der Waals surface area (Å²) < 4.78 is 27.6. The van der Waals surface area contributed by atoms with Crippen LogP contribution < -0.4 is 11.1 Å². The first kappa shape index (κ1) is 15.3. The summed E-state index contributed by atoms with van der Waals surface area (Å²) >= 11 is 0. The van der Waals surface area contributed by atoms with Crippen LogP contribution in [0.1, 0.15) is 19.0 Å². The van der Waals surface area contributed by atoms with Gasteiger partial charge in [0.1, 0.15) is 5.69 Å². The molecule has 7 nitrogen and oxygen atoms in total. The van der Waals surface area contributed by atoms with Gasteiger partial charge in [-0.3, -0.25) is 10.1 Å². The molecule has 1 heterocycles. The highest BCUT2D eigenvalue weighted by atomic mass is 19.3. The van der Waals surface area contributed by atoms with Crippen LogP contribution in [0.4, 0.5) is 20.3 Å². The molecule has 9 heteroatoms. The third-order valence-corrected chi connectivity index (χ3v) is 2.53. The minimum absolute atomic E-state index is 0.00234. The van der Waals surface area contributed by atoms with Gasteiger partial charge in [0.15, 0.2) is 0 Å². The topological polar surface area (TPSA) is 99.0 Å². The maximum Gasteiger partial charge on any atom is 0.333 e. The molecule has 1 aromatic heterocycles. The van der Waals surface area contributed by atoms with Gasteiger partial charge in [0.05, 0.1) is 18.0 Å². The Bertz CT molecular complexity index is 461. The second-order valence-corrected chi connectivity index (χ2v) is 4.18. The normalized spacial score (nSPS) is 11.6. The van der Waals surface area contributed by atoms with Crippen LogP contribution in [0.3, 0.4) is 0 Å². The molecule has 108 valence electrons. The highest BCUT2D eigenvalue weighted by Crippen LogP contribution is 2.29. The van der Waals surface area contributed by atoms with Crippen molar-refractivity contribution >= 4 is 11.5 Å². The average Bonchev–Trinajstić information content (AvgIpc) is 2.63. The van der Waals surface area contributed by atoms with Gasteiger partial charge in [-0.15, -0.1) is 0 Å². The van der Waals surface area contributed by atoms with E-state index >= 15 is 0 Å². The molecule has 0 spiro atoms. The molecule has 0 radical (unpaired) electrons. The van der Waals surface area contributed by atoms with Crippen LogP contribution in [0, 0.1) is 17.0 Å². The summed E-state index contributed by atoms with van der Waals surface area (Å²) in [6.45, 7) is 2.15. The second-order valence-electron chi connectivity index (χ2n) is 4.18. The maximum atomic E-state index is 13.1. The smallest absolute Gasteiger partial charge is 0.333 e. The lowest BCUT2D eigenvalue weighted by Gasteiger charge is -2.15. The molecule has 0 saturated carbocycles. The molecule has 1 aromatic rings. The largest absolute Gasteiger partial charge is 0.358 e. The second kappa shape index (κ2) is 5.91. The first-order chi connectivity index (χ1) is 8.82. The molecule has 1 rings (SSSR count). The van der Waals surface area contributed by atoms with Gasteiger partial charge in [-0.05, 0) is 13.3 Å². The van der Waals surface area contributed by atoms with Crippen LogP contribution in [0.25, 0.3) is 0 Å². The van der Waals surface area contributed by atoms with E-state index in [-0.39, 0.29) is 17.2 Å². The lowest BCUT2D eigenvalue weighted by molar-refractivity contribution is -0.384. The van der Waals surface area contributed by atoms with Crippen molar-refractivity contribution in [2.24, 2.45) is 5.73 Å². The quantitative estimate of drug-likeness (QED) is 0.581. The molecule has 0 saturated heterocycles. The van der Waals surface area contributed by atoms with E-state index in [1.54, 1.807) is 0 Å². The molecule has 0 bridgehead atoms. The van der Waals surface area contributed by atoms with Crippen LogP contribution in [-0.2, 0) is 6.54 Å². The summed E-state index contributed by atoms with van der Waals surface area (Å²) in [5.41, 5.74) is 4.84. The van der Waals surface area contributed by atoms with Crippen molar-refractivity contribution in [1.82, 2.24) is 9.78 Å². The monoisotopic (exact) mass is 277 g/mol. The summed E-state index contributed by atoms with van der Waals surface area (Å²) in [6.07, 6.45) is 0.681. The number of anilines is 1. The minimum atomic E-state index is -3.12. The van der Waals surface area contributed by atoms with E-state index in [1.165, 1.54) is 11.6 Å². The summed E-state index contributed by atoms with van der Waals surface area (Å²) in [7, 11) is 0. The molecule has 0 amide bonds. The Balaban J connectivity index is 3.05. The van der Waals surface area contributed by atoms with Crippen molar-refractivity contribution in [2.75, 3.05) is 18.4 Å². The van der Waals surface area contributed by atoms with Gasteiger partial charge in [0.2, 0.25) is 5.82 Å². The molecule has 0 aliphatic carbocycles. The van der Waals surface area contributed by atoms with E-state index in [1.807, 2.05) is 6.92 Å². The Morgan fingerprint density at radius 3 is 2.68 bits per heavy atom. The fourth-order valence-corrected chi connectivity index (χ4v) is 1.62.